The van der Waals surface area contributed by atoms with Crippen molar-refractivity contribution in [2.24, 2.45) is 0 Å². The quantitative estimate of drug-likeness (QED) is 0.181. The number of aromatic amines is 1. The third kappa shape index (κ3) is 4.93. The number of H-pyrrole nitrogens is 1. The zero-order valence-electron chi connectivity index (χ0n) is 21.1. The van der Waals surface area contributed by atoms with E-state index in [-0.39, 0.29) is 52.4 Å². The highest BCUT2D eigenvalue weighted by molar-refractivity contribution is 6.37. The van der Waals surface area contributed by atoms with E-state index >= 15 is 4.39 Å². The van der Waals surface area contributed by atoms with E-state index in [9.17, 15) is 31.9 Å². The maximum absolute atomic E-state index is 15.8. The lowest BCUT2D eigenvalue weighted by atomic mass is 9.92. The Morgan fingerprint density at radius 1 is 1.22 bits per heavy atom. The lowest BCUT2D eigenvalue weighted by Crippen LogP contribution is -2.37. The molecule has 2 aliphatic carbocycles. The van der Waals surface area contributed by atoms with Crippen molar-refractivity contribution in [1.29, 1.82) is 0 Å². The number of rotatable bonds is 6. The summed E-state index contributed by atoms with van der Waals surface area (Å²) < 4.78 is 77.9. The molecule has 0 saturated heterocycles. The van der Waals surface area contributed by atoms with Crippen molar-refractivity contribution < 1.29 is 41.1 Å². The molecule has 2 unspecified atom stereocenters. The summed E-state index contributed by atoms with van der Waals surface area (Å²) in [5.74, 6) is -4.57. The van der Waals surface area contributed by atoms with Crippen LogP contribution in [0.2, 0.25) is 0 Å². The molecule has 0 bridgehead atoms. The second-order valence-corrected chi connectivity index (χ2v) is 10.2. The van der Waals surface area contributed by atoms with Crippen molar-refractivity contribution in [3.8, 4) is 11.3 Å². The van der Waals surface area contributed by atoms with Gasteiger partial charge in [0.05, 0.1) is 29.8 Å². The number of hydrogen-bond acceptors (Lipinski definition) is 7. The predicted molar refractivity (Wildman–Crippen MR) is 131 cm³/mol. The number of halogens is 5. The highest BCUT2D eigenvalue weighted by atomic mass is 19.4. The van der Waals surface area contributed by atoms with Crippen LogP contribution in [0.4, 0.5) is 27.8 Å². The molecule has 2 saturated carbocycles. The van der Waals surface area contributed by atoms with Gasteiger partial charge in [-0.1, -0.05) is 0 Å². The summed E-state index contributed by atoms with van der Waals surface area (Å²) in [6.07, 6.45) is -2.02. The molecule has 0 radical (unpaired) electrons. The van der Waals surface area contributed by atoms with Gasteiger partial charge < -0.3 is 14.5 Å². The van der Waals surface area contributed by atoms with Crippen LogP contribution in [-0.2, 0) is 31.7 Å². The van der Waals surface area contributed by atoms with Crippen LogP contribution < -0.4 is 10.6 Å². The van der Waals surface area contributed by atoms with E-state index in [1.54, 1.807) is 0 Å². The number of benzene rings is 1. The first-order valence-corrected chi connectivity index (χ1v) is 12.4. The highest BCUT2D eigenvalue weighted by Gasteiger charge is 2.47. The molecule has 3 N–H and O–H groups in total. The lowest BCUT2D eigenvalue weighted by molar-refractivity contribution is -0.154. The molecule has 16 heteroatoms. The normalized spacial score (nSPS) is 19.3. The number of nitrogens with zero attached hydrogens (tertiary/aromatic N) is 4. The molecule has 41 heavy (non-hydrogen) atoms. The Kier molecular flexibility index (Phi) is 5.97. The van der Waals surface area contributed by atoms with E-state index in [4.69, 9.17) is 0 Å². The minimum absolute atomic E-state index is 0.00340. The summed E-state index contributed by atoms with van der Waals surface area (Å²) in [5.41, 5.74) is -3.37. The number of imidazole rings is 1. The number of aromatic nitrogens is 5. The molecule has 214 valence electrons. The number of nitrogens with one attached hydrogen (secondary N) is 3. The SMILES string of the molecule is CC(=O)NC1(Cc2c(F)c(C(F)(F)F)c(-c3cn4cc(NC(=O)C(=O)OC5CC5F)nc4cn3)c3cn[nH]c23)CC1. The Labute approximate surface area is 226 Å². The maximum Gasteiger partial charge on any atom is 0.419 e. The van der Waals surface area contributed by atoms with Gasteiger partial charge in [0.15, 0.2) is 11.5 Å². The Bertz CT molecular complexity index is 1740. The first-order valence-electron chi connectivity index (χ1n) is 12.4. The van der Waals surface area contributed by atoms with Gasteiger partial charge in [-0.3, -0.25) is 25.0 Å². The Morgan fingerprint density at radius 2 is 1.95 bits per heavy atom. The van der Waals surface area contributed by atoms with Crippen LogP contribution in [0.5, 0.6) is 0 Å². The number of fused-ring (bicyclic) bond motifs is 2. The van der Waals surface area contributed by atoms with Crippen LogP contribution in [0.3, 0.4) is 0 Å². The first-order chi connectivity index (χ1) is 19.3. The number of ether oxygens (including phenoxy) is 1. The summed E-state index contributed by atoms with van der Waals surface area (Å²) in [4.78, 5) is 43.6. The zero-order chi connectivity index (χ0) is 29.3. The average Bonchev–Trinajstić information content (AvgIpc) is 3.65. The lowest BCUT2D eigenvalue weighted by Gasteiger charge is -2.21. The molecular formula is C25H20F5N7O4. The molecule has 6 rings (SSSR count). The van der Waals surface area contributed by atoms with Gasteiger partial charge in [0.25, 0.3) is 0 Å². The smallest absolute Gasteiger partial charge is 0.419 e. The highest BCUT2D eigenvalue weighted by Crippen LogP contribution is 2.47. The third-order valence-corrected chi connectivity index (χ3v) is 6.98. The molecule has 2 aliphatic rings. The molecule has 4 aromatic rings. The van der Waals surface area contributed by atoms with Crippen molar-refractivity contribution in [1.82, 2.24) is 29.9 Å². The molecule has 3 heterocycles. The van der Waals surface area contributed by atoms with Crippen LogP contribution in [-0.4, -0.2) is 60.2 Å². The van der Waals surface area contributed by atoms with Crippen LogP contribution in [0, 0.1) is 5.82 Å². The molecule has 0 aliphatic heterocycles. The van der Waals surface area contributed by atoms with E-state index in [1.807, 2.05) is 0 Å². The monoisotopic (exact) mass is 577 g/mol. The van der Waals surface area contributed by atoms with Crippen molar-refractivity contribution in [2.45, 2.75) is 56.6 Å². The van der Waals surface area contributed by atoms with Gasteiger partial charge in [0.2, 0.25) is 5.91 Å². The van der Waals surface area contributed by atoms with E-state index in [0.717, 1.165) is 18.6 Å². The summed E-state index contributed by atoms with van der Waals surface area (Å²) in [5, 5.41) is 11.3. The second-order valence-electron chi connectivity index (χ2n) is 10.2. The molecule has 1 aromatic carbocycles. The Morgan fingerprint density at radius 3 is 2.59 bits per heavy atom. The van der Waals surface area contributed by atoms with Crippen molar-refractivity contribution in [3.05, 3.63) is 41.7 Å². The average molecular weight is 577 g/mol. The van der Waals surface area contributed by atoms with Gasteiger partial charge >= 0.3 is 18.1 Å². The number of carbonyl (C=O) groups excluding carboxylic acids is 3. The summed E-state index contributed by atoms with van der Waals surface area (Å²) in [6, 6.07) is 0. The third-order valence-electron chi connectivity index (χ3n) is 6.98. The number of amides is 2. The molecule has 2 amide bonds. The summed E-state index contributed by atoms with van der Waals surface area (Å²) in [6.45, 7) is 1.28. The second kappa shape index (κ2) is 9.21. The van der Waals surface area contributed by atoms with E-state index in [0.29, 0.717) is 12.8 Å². The summed E-state index contributed by atoms with van der Waals surface area (Å²) in [7, 11) is 0. The number of alkyl halides is 4. The van der Waals surface area contributed by atoms with Gasteiger partial charge in [-0.15, -0.1) is 0 Å². The topological polar surface area (TPSA) is 143 Å². The minimum atomic E-state index is -5.13. The fraction of sp³-hybridized carbons (Fsp3) is 0.360. The largest absolute Gasteiger partial charge is 0.452 e. The zero-order valence-corrected chi connectivity index (χ0v) is 21.1. The van der Waals surface area contributed by atoms with Crippen molar-refractivity contribution in [2.75, 3.05) is 5.32 Å². The van der Waals surface area contributed by atoms with Crippen LogP contribution in [0.15, 0.2) is 24.8 Å². The molecular weight excluding hydrogens is 557 g/mol. The fourth-order valence-electron chi connectivity index (χ4n) is 4.83. The standard InChI is InChI=1S/C25H20F5N7O4/c1-10(38)35-24(2-3-24)5-11-20(27)19(25(28,29)30)18(12-6-32-36-21(11)12)14-8-37-9-16(33-17(37)7-31-14)34-22(39)23(40)41-15-4-13(15)26/h6-9,13,15H,2-5H2,1H3,(H,32,36)(H,34,39)(H,35,38). The van der Waals surface area contributed by atoms with Crippen molar-refractivity contribution in [3.63, 3.8) is 0 Å². The molecule has 11 nitrogen and oxygen atoms in total. The minimum Gasteiger partial charge on any atom is -0.452 e. The van der Waals surface area contributed by atoms with Gasteiger partial charge in [0.1, 0.15) is 23.7 Å². The fourth-order valence-corrected chi connectivity index (χ4v) is 4.83. The van der Waals surface area contributed by atoms with Gasteiger partial charge in [0, 0.05) is 48.0 Å². The van der Waals surface area contributed by atoms with Gasteiger partial charge in [-0.25, -0.2) is 18.6 Å². The van der Waals surface area contributed by atoms with E-state index in [2.05, 4.69) is 35.5 Å². The molecule has 3 aromatic heterocycles. The molecule has 0 spiro atoms. The molecule has 2 atom stereocenters. The van der Waals surface area contributed by atoms with Gasteiger partial charge in [-0.05, 0) is 12.8 Å². The number of anilines is 1. The van der Waals surface area contributed by atoms with Crippen molar-refractivity contribution >= 4 is 40.2 Å². The number of esters is 1. The first kappa shape index (κ1) is 26.6. The number of carbonyl (C=O) groups is 3. The summed E-state index contributed by atoms with van der Waals surface area (Å²) >= 11 is 0. The van der Waals surface area contributed by atoms with E-state index < -0.39 is 52.8 Å². The number of hydrogen-bond donors (Lipinski definition) is 3. The predicted octanol–water partition coefficient (Wildman–Crippen LogP) is 3.23. The molecule has 2 fully saturated rings. The van der Waals surface area contributed by atoms with Gasteiger partial charge in [-0.2, -0.15) is 18.3 Å². The Balaban J connectivity index is 1.39. The maximum atomic E-state index is 15.8. The van der Waals surface area contributed by atoms with Crippen LogP contribution in [0.25, 0.3) is 27.8 Å². The Hall–Kier alpha value is -4.63. The van der Waals surface area contributed by atoms with Crippen LogP contribution >= 0.6 is 0 Å². The van der Waals surface area contributed by atoms with E-state index in [1.165, 1.54) is 17.5 Å². The van der Waals surface area contributed by atoms with Crippen LogP contribution in [0.1, 0.15) is 37.3 Å².